The molecule has 1 amide bonds. The van der Waals surface area contributed by atoms with Crippen molar-refractivity contribution in [3.8, 4) is 5.69 Å². The monoisotopic (exact) mass is 436 g/mol. The van der Waals surface area contributed by atoms with E-state index in [4.69, 9.17) is 0 Å². The number of nitrogens with zero attached hydrogens (tertiary/aromatic N) is 2. The third-order valence-electron chi connectivity index (χ3n) is 4.45. The SMILES string of the molecule is O=C(Nc1ccccc1-n1cccn1)c1ccc(S(=O)(=O)Nc2ccccc2F)cc1. The molecule has 0 radical (unpaired) electrons. The van der Waals surface area contributed by atoms with E-state index in [0.29, 0.717) is 11.4 Å². The van der Waals surface area contributed by atoms with Crippen LogP contribution in [0.3, 0.4) is 0 Å². The van der Waals surface area contributed by atoms with Gasteiger partial charge in [-0.15, -0.1) is 0 Å². The quantitative estimate of drug-likeness (QED) is 0.477. The summed E-state index contributed by atoms with van der Waals surface area (Å²) in [7, 11) is -4.01. The summed E-state index contributed by atoms with van der Waals surface area (Å²) >= 11 is 0. The number of para-hydroxylation sites is 3. The van der Waals surface area contributed by atoms with Crippen molar-refractivity contribution in [3.05, 3.63) is 103 Å². The van der Waals surface area contributed by atoms with Crippen molar-refractivity contribution in [2.45, 2.75) is 4.90 Å². The number of hydrogen-bond acceptors (Lipinski definition) is 4. The molecule has 1 heterocycles. The molecule has 2 N–H and O–H groups in total. The maximum atomic E-state index is 13.8. The van der Waals surface area contributed by atoms with E-state index >= 15 is 0 Å². The van der Waals surface area contributed by atoms with Gasteiger partial charge in [-0.25, -0.2) is 17.5 Å². The zero-order valence-electron chi connectivity index (χ0n) is 16.1. The molecule has 1 aromatic heterocycles. The van der Waals surface area contributed by atoms with Gasteiger partial charge in [0.15, 0.2) is 0 Å². The highest BCUT2D eigenvalue weighted by molar-refractivity contribution is 7.92. The molecular formula is C22H17FN4O3S. The average Bonchev–Trinajstić information content (AvgIpc) is 3.30. The summed E-state index contributed by atoms with van der Waals surface area (Å²) in [4.78, 5) is 12.6. The molecule has 0 unspecified atom stereocenters. The summed E-state index contributed by atoms with van der Waals surface area (Å²) in [5, 5.41) is 6.98. The molecule has 0 bridgehead atoms. The molecule has 0 aliphatic heterocycles. The van der Waals surface area contributed by atoms with E-state index in [2.05, 4.69) is 15.1 Å². The number of halogens is 1. The first kappa shape index (κ1) is 20.3. The maximum Gasteiger partial charge on any atom is 0.261 e. The lowest BCUT2D eigenvalue weighted by molar-refractivity contribution is 0.102. The highest BCUT2D eigenvalue weighted by Gasteiger charge is 2.17. The molecule has 0 aliphatic carbocycles. The number of benzene rings is 3. The number of hydrogen-bond donors (Lipinski definition) is 2. The Morgan fingerprint density at radius 2 is 1.55 bits per heavy atom. The van der Waals surface area contributed by atoms with Gasteiger partial charge in [-0.1, -0.05) is 24.3 Å². The van der Waals surface area contributed by atoms with E-state index in [0.717, 1.165) is 6.07 Å². The Bertz CT molecular complexity index is 1320. The largest absolute Gasteiger partial charge is 0.320 e. The Balaban J connectivity index is 1.52. The molecule has 4 rings (SSSR count). The van der Waals surface area contributed by atoms with Crippen LogP contribution < -0.4 is 10.0 Å². The van der Waals surface area contributed by atoms with Gasteiger partial charge in [-0.05, 0) is 54.6 Å². The third kappa shape index (κ3) is 4.46. The molecule has 0 fully saturated rings. The topological polar surface area (TPSA) is 93.1 Å². The zero-order chi connectivity index (χ0) is 21.8. The average molecular weight is 436 g/mol. The number of anilines is 2. The van der Waals surface area contributed by atoms with Gasteiger partial charge in [-0.3, -0.25) is 9.52 Å². The number of rotatable bonds is 6. The normalized spacial score (nSPS) is 11.1. The summed E-state index contributed by atoms with van der Waals surface area (Å²) < 4.78 is 42.6. The first-order valence-corrected chi connectivity index (χ1v) is 10.7. The zero-order valence-corrected chi connectivity index (χ0v) is 16.9. The second-order valence-corrected chi connectivity index (χ2v) is 8.21. The number of sulfonamides is 1. The van der Waals surface area contributed by atoms with Gasteiger partial charge in [0.2, 0.25) is 0 Å². The minimum absolute atomic E-state index is 0.0933. The van der Waals surface area contributed by atoms with Crippen LogP contribution in [0.15, 0.2) is 96.2 Å². The van der Waals surface area contributed by atoms with Crippen molar-refractivity contribution >= 4 is 27.3 Å². The van der Waals surface area contributed by atoms with Crippen molar-refractivity contribution in [1.82, 2.24) is 9.78 Å². The Morgan fingerprint density at radius 3 is 2.23 bits per heavy atom. The predicted octanol–water partition coefficient (Wildman–Crippen LogP) is 4.06. The molecule has 156 valence electrons. The summed E-state index contributed by atoms with van der Waals surface area (Å²) in [5.41, 5.74) is 1.35. The second-order valence-electron chi connectivity index (χ2n) is 6.53. The maximum absolute atomic E-state index is 13.8. The molecular weight excluding hydrogens is 419 g/mol. The molecule has 0 saturated heterocycles. The summed E-state index contributed by atoms with van der Waals surface area (Å²) in [6.07, 6.45) is 3.39. The van der Waals surface area contributed by atoms with E-state index in [9.17, 15) is 17.6 Å². The first-order chi connectivity index (χ1) is 14.9. The fourth-order valence-corrected chi connectivity index (χ4v) is 3.99. The minimum atomic E-state index is -4.01. The summed E-state index contributed by atoms with van der Waals surface area (Å²) in [5.74, 6) is -1.09. The molecule has 3 aromatic carbocycles. The Morgan fingerprint density at radius 1 is 0.871 bits per heavy atom. The fraction of sp³-hybridized carbons (Fsp3) is 0. The van der Waals surface area contributed by atoms with E-state index in [1.54, 1.807) is 35.3 Å². The minimum Gasteiger partial charge on any atom is -0.320 e. The van der Waals surface area contributed by atoms with Gasteiger partial charge >= 0.3 is 0 Å². The molecule has 0 aliphatic rings. The molecule has 4 aromatic rings. The van der Waals surface area contributed by atoms with Gasteiger partial charge in [0, 0.05) is 18.0 Å². The fourth-order valence-electron chi connectivity index (χ4n) is 2.92. The summed E-state index contributed by atoms with van der Waals surface area (Å²) in [6, 6.07) is 19.8. The van der Waals surface area contributed by atoms with E-state index in [-0.39, 0.29) is 16.1 Å². The van der Waals surface area contributed by atoms with Crippen LogP contribution in [0.5, 0.6) is 0 Å². The van der Waals surface area contributed by atoms with E-state index in [1.807, 2.05) is 12.1 Å². The number of carbonyl (C=O) groups excluding carboxylic acids is 1. The lowest BCUT2D eigenvalue weighted by Crippen LogP contribution is -2.16. The number of carbonyl (C=O) groups is 1. The van der Waals surface area contributed by atoms with Crippen molar-refractivity contribution < 1.29 is 17.6 Å². The standard InChI is InChI=1S/C22H17FN4O3S/c23-18-6-1-2-7-19(18)26-31(29,30)17-12-10-16(11-13-17)22(28)25-20-8-3-4-9-21(20)27-15-5-14-24-27/h1-15,26H,(H,25,28). The van der Waals surface area contributed by atoms with Crippen molar-refractivity contribution in [2.75, 3.05) is 10.0 Å². The van der Waals surface area contributed by atoms with Crippen molar-refractivity contribution in [2.24, 2.45) is 0 Å². The molecule has 9 heteroatoms. The van der Waals surface area contributed by atoms with Crippen LogP contribution >= 0.6 is 0 Å². The molecule has 0 spiro atoms. The Hall–Kier alpha value is -3.98. The molecule has 0 atom stereocenters. The van der Waals surface area contributed by atoms with E-state index in [1.165, 1.54) is 42.5 Å². The lowest BCUT2D eigenvalue weighted by Gasteiger charge is -2.12. The van der Waals surface area contributed by atoms with Gasteiger partial charge in [0.1, 0.15) is 5.82 Å². The van der Waals surface area contributed by atoms with E-state index < -0.39 is 21.7 Å². The van der Waals surface area contributed by atoms with Crippen LogP contribution in [0, 0.1) is 5.82 Å². The van der Waals surface area contributed by atoms with Crippen LogP contribution in [0.4, 0.5) is 15.8 Å². The van der Waals surface area contributed by atoms with Gasteiger partial charge in [0.25, 0.3) is 15.9 Å². The number of amides is 1. The number of nitrogens with one attached hydrogen (secondary N) is 2. The highest BCUT2D eigenvalue weighted by Crippen LogP contribution is 2.22. The van der Waals surface area contributed by atoms with Crippen molar-refractivity contribution in [1.29, 1.82) is 0 Å². The van der Waals surface area contributed by atoms with Crippen LogP contribution in [-0.2, 0) is 10.0 Å². The van der Waals surface area contributed by atoms with Gasteiger partial charge in [-0.2, -0.15) is 5.10 Å². The van der Waals surface area contributed by atoms with Crippen LogP contribution in [0.1, 0.15) is 10.4 Å². The molecule has 7 nitrogen and oxygen atoms in total. The first-order valence-electron chi connectivity index (χ1n) is 9.22. The summed E-state index contributed by atoms with van der Waals surface area (Å²) in [6.45, 7) is 0. The Kier molecular flexibility index (Phi) is 5.50. The lowest BCUT2D eigenvalue weighted by atomic mass is 10.2. The second kappa shape index (κ2) is 8.41. The number of aromatic nitrogens is 2. The third-order valence-corrected chi connectivity index (χ3v) is 5.83. The molecule has 0 saturated carbocycles. The predicted molar refractivity (Wildman–Crippen MR) is 115 cm³/mol. The van der Waals surface area contributed by atoms with Crippen molar-refractivity contribution in [3.63, 3.8) is 0 Å². The van der Waals surface area contributed by atoms with Gasteiger partial charge in [0.05, 0.1) is 22.0 Å². The highest BCUT2D eigenvalue weighted by atomic mass is 32.2. The van der Waals surface area contributed by atoms with Crippen LogP contribution in [0.25, 0.3) is 5.69 Å². The molecule has 31 heavy (non-hydrogen) atoms. The Labute approximate surface area is 178 Å². The van der Waals surface area contributed by atoms with Crippen LogP contribution in [-0.4, -0.2) is 24.1 Å². The smallest absolute Gasteiger partial charge is 0.261 e. The van der Waals surface area contributed by atoms with Crippen LogP contribution in [0.2, 0.25) is 0 Å². The van der Waals surface area contributed by atoms with Gasteiger partial charge < -0.3 is 5.32 Å².